The van der Waals surface area contributed by atoms with Crippen molar-refractivity contribution in [1.82, 2.24) is 9.47 Å². The van der Waals surface area contributed by atoms with E-state index < -0.39 is 0 Å². The summed E-state index contributed by atoms with van der Waals surface area (Å²) in [7, 11) is 3.26. The van der Waals surface area contributed by atoms with E-state index >= 15 is 0 Å². The van der Waals surface area contributed by atoms with E-state index in [4.69, 9.17) is 13.9 Å². The Morgan fingerprint density at radius 3 is 2.42 bits per heavy atom. The summed E-state index contributed by atoms with van der Waals surface area (Å²) in [4.78, 5) is 14.9. The highest BCUT2D eigenvalue weighted by Gasteiger charge is 2.25. The number of rotatable bonds is 5. The van der Waals surface area contributed by atoms with Crippen LogP contribution in [0.5, 0.6) is 11.5 Å². The van der Waals surface area contributed by atoms with Crippen LogP contribution >= 0.6 is 0 Å². The van der Waals surface area contributed by atoms with Crippen molar-refractivity contribution in [1.29, 1.82) is 0 Å². The van der Waals surface area contributed by atoms with E-state index in [1.807, 2.05) is 39.8 Å². The van der Waals surface area contributed by atoms with Crippen LogP contribution in [0.25, 0.3) is 11.1 Å². The molecular weight excluding hydrogens is 332 g/mol. The van der Waals surface area contributed by atoms with Crippen LogP contribution in [0, 0.1) is 0 Å². The highest BCUT2D eigenvalue weighted by Crippen LogP contribution is 2.27. The number of hydrogen-bond donors (Lipinski definition) is 0. The lowest BCUT2D eigenvalue weighted by molar-refractivity contribution is 0.0783. The van der Waals surface area contributed by atoms with Gasteiger partial charge in [-0.15, -0.1) is 0 Å². The van der Waals surface area contributed by atoms with Crippen LogP contribution in [0.2, 0.25) is 0 Å². The Bertz CT molecular complexity index is 912. The smallest absolute Gasteiger partial charge is 0.270 e. The van der Waals surface area contributed by atoms with Crippen molar-refractivity contribution in [2.45, 2.75) is 19.4 Å². The number of likely N-dealkylation sites (tertiary alicyclic amines) is 1. The lowest BCUT2D eigenvalue weighted by Crippen LogP contribution is -2.29. The Morgan fingerprint density at radius 1 is 1.08 bits per heavy atom. The minimum absolute atomic E-state index is 0.0590. The van der Waals surface area contributed by atoms with Gasteiger partial charge in [0.05, 0.1) is 26.0 Å². The second kappa shape index (κ2) is 6.78. The molecule has 0 atom stereocenters. The SMILES string of the molecule is COc1cc(Cn2c(C(=O)N3CCCC3)cc3occc32)cc(OC)c1. The monoisotopic (exact) mass is 354 g/mol. The zero-order valence-electron chi connectivity index (χ0n) is 15.0. The van der Waals surface area contributed by atoms with E-state index in [1.54, 1.807) is 20.5 Å². The van der Waals surface area contributed by atoms with Crippen LogP contribution < -0.4 is 9.47 Å². The molecule has 1 fully saturated rings. The number of amides is 1. The zero-order chi connectivity index (χ0) is 18.1. The average Bonchev–Trinajstić information content (AvgIpc) is 3.39. The Kier molecular flexibility index (Phi) is 4.32. The molecule has 1 aliphatic rings. The molecule has 0 unspecified atom stereocenters. The van der Waals surface area contributed by atoms with Crippen LogP contribution in [0.1, 0.15) is 28.9 Å². The van der Waals surface area contributed by atoms with Gasteiger partial charge in [0.25, 0.3) is 5.91 Å². The van der Waals surface area contributed by atoms with Crippen LogP contribution in [0.4, 0.5) is 0 Å². The van der Waals surface area contributed by atoms with Crippen molar-refractivity contribution in [3.8, 4) is 11.5 Å². The summed E-state index contributed by atoms with van der Waals surface area (Å²) in [5.41, 5.74) is 3.29. The van der Waals surface area contributed by atoms with Crippen molar-refractivity contribution in [3.05, 3.63) is 47.9 Å². The summed E-state index contributed by atoms with van der Waals surface area (Å²) < 4.78 is 18.3. The fraction of sp³-hybridized carbons (Fsp3) is 0.350. The molecular formula is C20H22N2O4. The molecule has 0 saturated carbocycles. The second-order valence-corrected chi connectivity index (χ2v) is 6.51. The van der Waals surface area contributed by atoms with E-state index in [0.717, 1.165) is 54.1 Å². The van der Waals surface area contributed by atoms with E-state index in [9.17, 15) is 4.79 Å². The summed E-state index contributed by atoms with van der Waals surface area (Å²) in [5, 5.41) is 0. The minimum atomic E-state index is 0.0590. The van der Waals surface area contributed by atoms with Gasteiger partial charge in [0, 0.05) is 37.8 Å². The van der Waals surface area contributed by atoms with Gasteiger partial charge in [0.15, 0.2) is 5.58 Å². The molecule has 0 spiro atoms. The molecule has 4 rings (SSSR count). The molecule has 3 aromatic rings. The van der Waals surface area contributed by atoms with Gasteiger partial charge in [0.2, 0.25) is 0 Å². The maximum Gasteiger partial charge on any atom is 0.270 e. The highest BCUT2D eigenvalue weighted by molar-refractivity contribution is 5.97. The Hall–Kier alpha value is -2.89. The summed E-state index contributed by atoms with van der Waals surface area (Å²) in [6, 6.07) is 9.49. The highest BCUT2D eigenvalue weighted by atomic mass is 16.5. The zero-order valence-corrected chi connectivity index (χ0v) is 15.0. The number of ether oxygens (including phenoxy) is 2. The lowest BCUT2D eigenvalue weighted by Gasteiger charge is -2.17. The van der Waals surface area contributed by atoms with E-state index in [2.05, 4.69) is 0 Å². The Labute approximate surface area is 151 Å². The van der Waals surface area contributed by atoms with Gasteiger partial charge >= 0.3 is 0 Å². The first kappa shape index (κ1) is 16.6. The van der Waals surface area contributed by atoms with Crippen LogP contribution in [-0.2, 0) is 6.54 Å². The average molecular weight is 354 g/mol. The van der Waals surface area contributed by atoms with Gasteiger partial charge < -0.3 is 23.4 Å². The third kappa shape index (κ3) is 2.92. The molecule has 6 nitrogen and oxygen atoms in total. The first-order valence-corrected chi connectivity index (χ1v) is 8.77. The molecule has 0 aliphatic carbocycles. The van der Waals surface area contributed by atoms with Crippen molar-refractivity contribution in [2.75, 3.05) is 27.3 Å². The van der Waals surface area contributed by atoms with Crippen molar-refractivity contribution in [2.24, 2.45) is 0 Å². The molecule has 0 bridgehead atoms. The maximum atomic E-state index is 13.0. The number of hydrogen-bond acceptors (Lipinski definition) is 4. The van der Waals surface area contributed by atoms with Gasteiger partial charge in [-0.2, -0.15) is 0 Å². The molecule has 2 aromatic heterocycles. The first-order valence-electron chi connectivity index (χ1n) is 8.77. The number of nitrogens with zero attached hydrogens (tertiary/aromatic N) is 2. The first-order chi connectivity index (χ1) is 12.7. The molecule has 3 heterocycles. The predicted octanol–water partition coefficient (Wildman–Crippen LogP) is 3.54. The summed E-state index contributed by atoms with van der Waals surface area (Å²) in [6.07, 6.45) is 3.78. The molecule has 1 aromatic carbocycles. The quantitative estimate of drug-likeness (QED) is 0.703. The minimum Gasteiger partial charge on any atom is -0.497 e. The van der Waals surface area contributed by atoms with E-state index in [-0.39, 0.29) is 5.91 Å². The van der Waals surface area contributed by atoms with Crippen LogP contribution in [0.15, 0.2) is 41.0 Å². The summed E-state index contributed by atoms with van der Waals surface area (Å²) in [5.74, 6) is 1.51. The van der Waals surface area contributed by atoms with Gasteiger partial charge in [-0.25, -0.2) is 0 Å². The Morgan fingerprint density at radius 2 is 1.77 bits per heavy atom. The predicted molar refractivity (Wildman–Crippen MR) is 98.0 cm³/mol. The second-order valence-electron chi connectivity index (χ2n) is 6.51. The number of carbonyl (C=O) groups excluding carboxylic acids is 1. The lowest BCUT2D eigenvalue weighted by atomic mass is 10.2. The number of aromatic nitrogens is 1. The molecule has 6 heteroatoms. The molecule has 136 valence electrons. The van der Waals surface area contributed by atoms with Gasteiger partial charge in [-0.1, -0.05) is 0 Å². The third-order valence-corrected chi connectivity index (χ3v) is 4.89. The number of benzene rings is 1. The fourth-order valence-corrected chi connectivity index (χ4v) is 3.55. The largest absolute Gasteiger partial charge is 0.497 e. The molecule has 26 heavy (non-hydrogen) atoms. The topological polar surface area (TPSA) is 56.8 Å². The number of furan rings is 1. The maximum absolute atomic E-state index is 13.0. The number of methoxy groups -OCH3 is 2. The standard InChI is InChI=1S/C20H22N2O4/c1-24-15-9-14(10-16(11-15)25-2)13-22-17-5-8-26-19(17)12-18(22)20(23)21-6-3-4-7-21/h5,8-12H,3-4,6-7,13H2,1-2H3. The number of fused-ring (bicyclic) bond motifs is 1. The van der Waals surface area contributed by atoms with Gasteiger partial charge in [0.1, 0.15) is 17.2 Å². The van der Waals surface area contributed by atoms with Crippen LogP contribution in [0.3, 0.4) is 0 Å². The molecule has 1 aliphatic heterocycles. The molecule has 1 saturated heterocycles. The van der Waals surface area contributed by atoms with Crippen molar-refractivity contribution in [3.63, 3.8) is 0 Å². The van der Waals surface area contributed by atoms with Gasteiger partial charge in [-0.3, -0.25) is 4.79 Å². The van der Waals surface area contributed by atoms with Crippen LogP contribution in [-0.4, -0.2) is 42.7 Å². The Balaban J connectivity index is 1.74. The molecule has 0 radical (unpaired) electrons. The van der Waals surface area contributed by atoms with E-state index in [0.29, 0.717) is 12.2 Å². The molecule has 1 amide bonds. The summed E-state index contributed by atoms with van der Waals surface area (Å²) in [6.45, 7) is 2.17. The number of carbonyl (C=O) groups is 1. The third-order valence-electron chi connectivity index (χ3n) is 4.89. The normalized spacial score (nSPS) is 14.2. The summed E-state index contributed by atoms with van der Waals surface area (Å²) >= 11 is 0. The van der Waals surface area contributed by atoms with Crippen molar-refractivity contribution >= 4 is 17.0 Å². The molecule has 0 N–H and O–H groups in total. The van der Waals surface area contributed by atoms with Crippen molar-refractivity contribution < 1.29 is 18.7 Å². The van der Waals surface area contributed by atoms with Gasteiger partial charge in [-0.05, 0) is 30.5 Å². The van der Waals surface area contributed by atoms with E-state index in [1.165, 1.54) is 0 Å². The fourth-order valence-electron chi connectivity index (χ4n) is 3.55.